The quantitative estimate of drug-likeness (QED) is 0.795. The first-order valence-corrected chi connectivity index (χ1v) is 6.87. The number of aromatic nitrogens is 1. The van der Waals surface area contributed by atoms with Gasteiger partial charge in [0.2, 0.25) is 0 Å². The van der Waals surface area contributed by atoms with Gasteiger partial charge in [0.1, 0.15) is 23.8 Å². The maximum atomic E-state index is 11.7. The van der Waals surface area contributed by atoms with E-state index >= 15 is 0 Å². The Kier molecular flexibility index (Phi) is 5.06. The third kappa shape index (κ3) is 4.03. The van der Waals surface area contributed by atoms with Crippen LogP contribution >= 0.6 is 15.9 Å². The second-order valence-corrected chi connectivity index (χ2v) is 4.93. The van der Waals surface area contributed by atoms with Crippen LogP contribution in [-0.4, -0.2) is 31.2 Å². The number of rotatable bonds is 6. The molecule has 0 atom stereocenters. The maximum absolute atomic E-state index is 11.7. The molecule has 0 bridgehead atoms. The zero-order valence-corrected chi connectivity index (χ0v) is 12.6. The normalized spacial score (nSPS) is 10.1. The van der Waals surface area contributed by atoms with Gasteiger partial charge < -0.3 is 19.8 Å². The van der Waals surface area contributed by atoms with Crippen LogP contribution < -0.4 is 14.8 Å². The van der Waals surface area contributed by atoms with E-state index in [1.165, 1.54) is 0 Å². The highest BCUT2D eigenvalue weighted by Gasteiger charge is 2.06. The molecular formula is C14H15BrN2O3. The van der Waals surface area contributed by atoms with Crippen LogP contribution in [0.3, 0.4) is 0 Å². The van der Waals surface area contributed by atoms with E-state index in [-0.39, 0.29) is 5.91 Å². The van der Waals surface area contributed by atoms with Crippen molar-refractivity contribution in [2.24, 2.45) is 0 Å². The van der Waals surface area contributed by atoms with Gasteiger partial charge in [0, 0.05) is 16.7 Å². The summed E-state index contributed by atoms with van der Waals surface area (Å²) >= 11 is 3.28. The molecule has 1 amide bonds. The molecule has 20 heavy (non-hydrogen) atoms. The molecule has 0 aliphatic carbocycles. The Morgan fingerprint density at radius 1 is 1.35 bits per heavy atom. The summed E-state index contributed by atoms with van der Waals surface area (Å²) in [5, 5.41) is 2.76. The minimum absolute atomic E-state index is 0.162. The van der Waals surface area contributed by atoms with E-state index in [9.17, 15) is 4.79 Å². The van der Waals surface area contributed by atoms with Crippen LogP contribution in [0.15, 0.2) is 41.0 Å². The fourth-order valence-electron chi connectivity index (χ4n) is 1.62. The van der Waals surface area contributed by atoms with Crippen molar-refractivity contribution in [3.05, 3.63) is 46.7 Å². The summed E-state index contributed by atoms with van der Waals surface area (Å²) in [6, 6.07) is 9.05. The van der Waals surface area contributed by atoms with Crippen molar-refractivity contribution < 1.29 is 14.3 Å². The summed E-state index contributed by atoms with van der Waals surface area (Å²) in [5.41, 5.74) is 0.512. The number of H-pyrrole nitrogens is 1. The van der Waals surface area contributed by atoms with Gasteiger partial charge in [0.25, 0.3) is 5.91 Å². The summed E-state index contributed by atoms with van der Waals surface area (Å²) in [5.74, 6) is 1.29. The number of halogens is 1. The number of methoxy groups -OCH3 is 1. The third-order valence-corrected chi connectivity index (χ3v) is 3.05. The van der Waals surface area contributed by atoms with Gasteiger partial charge in [-0.1, -0.05) is 6.07 Å². The van der Waals surface area contributed by atoms with E-state index in [0.29, 0.717) is 24.6 Å². The molecule has 0 aliphatic heterocycles. The molecule has 0 radical (unpaired) electrons. The molecule has 5 nitrogen and oxygen atoms in total. The first-order valence-electron chi connectivity index (χ1n) is 6.08. The van der Waals surface area contributed by atoms with Crippen molar-refractivity contribution in [3.63, 3.8) is 0 Å². The Hall–Kier alpha value is -1.95. The van der Waals surface area contributed by atoms with Gasteiger partial charge in [-0.2, -0.15) is 0 Å². The summed E-state index contributed by atoms with van der Waals surface area (Å²) in [4.78, 5) is 14.6. The number of amides is 1. The molecule has 0 saturated heterocycles. The van der Waals surface area contributed by atoms with Crippen LogP contribution in [0.5, 0.6) is 11.5 Å². The van der Waals surface area contributed by atoms with Gasteiger partial charge in [-0.3, -0.25) is 4.79 Å². The zero-order valence-electron chi connectivity index (χ0n) is 11.0. The summed E-state index contributed by atoms with van der Waals surface area (Å²) in [6.07, 6.45) is 1.71. The van der Waals surface area contributed by atoms with E-state index in [1.54, 1.807) is 25.4 Å². The van der Waals surface area contributed by atoms with Crippen molar-refractivity contribution in [2.75, 3.05) is 20.3 Å². The number of aromatic amines is 1. The van der Waals surface area contributed by atoms with Gasteiger partial charge in [-0.05, 0) is 34.1 Å². The van der Waals surface area contributed by atoms with Crippen molar-refractivity contribution in [3.8, 4) is 11.5 Å². The lowest BCUT2D eigenvalue weighted by molar-refractivity contribution is 0.0942. The largest absolute Gasteiger partial charge is 0.497 e. The lowest BCUT2D eigenvalue weighted by atomic mass is 10.3. The third-order valence-electron chi connectivity index (χ3n) is 2.59. The van der Waals surface area contributed by atoms with Crippen molar-refractivity contribution >= 4 is 21.8 Å². The molecule has 2 rings (SSSR count). The van der Waals surface area contributed by atoms with E-state index in [4.69, 9.17) is 9.47 Å². The summed E-state index contributed by atoms with van der Waals surface area (Å²) in [7, 11) is 1.60. The van der Waals surface area contributed by atoms with Crippen LogP contribution in [0, 0.1) is 0 Å². The van der Waals surface area contributed by atoms with Gasteiger partial charge in [-0.25, -0.2) is 0 Å². The van der Waals surface area contributed by atoms with Crippen LogP contribution in [-0.2, 0) is 0 Å². The molecule has 6 heteroatoms. The zero-order chi connectivity index (χ0) is 14.4. The van der Waals surface area contributed by atoms with Crippen molar-refractivity contribution in [1.82, 2.24) is 10.3 Å². The number of nitrogens with one attached hydrogen (secondary N) is 2. The molecule has 1 heterocycles. The number of ether oxygens (including phenoxy) is 2. The number of carbonyl (C=O) groups excluding carboxylic acids is 1. The molecule has 0 aliphatic rings. The fraction of sp³-hybridized carbons (Fsp3) is 0.214. The minimum Gasteiger partial charge on any atom is -0.497 e. The molecule has 1 aromatic carbocycles. The highest BCUT2D eigenvalue weighted by Crippen LogP contribution is 2.18. The van der Waals surface area contributed by atoms with Gasteiger partial charge in [-0.15, -0.1) is 0 Å². The highest BCUT2D eigenvalue weighted by molar-refractivity contribution is 9.10. The van der Waals surface area contributed by atoms with Crippen LogP contribution in [0.25, 0.3) is 0 Å². The molecule has 0 unspecified atom stereocenters. The second-order valence-electron chi connectivity index (χ2n) is 4.01. The van der Waals surface area contributed by atoms with Gasteiger partial charge >= 0.3 is 0 Å². The number of hydrogen-bond donors (Lipinski definition) is 2. The Morgan fingerprint density at radius 2 is 2.15 bits per heavy atom. The van der Waals surface area contributed by atoms with Gasteiger partial charge in [0.15, 0.2) is 0 Å². The van der Waals surface area contributed by atoms with Crippen LogP contribution in [0.2, 0.25) is 0 Å². The first-order chi connectivity index (χ1) is 9.69. The highest BCUT2D eigenvalue weighted by atomic mass is 79.9. The molecule has 106 valence electrons. The average molecular weight is 339 g/mol. The topological polar surface area (TPSA) is 63.4 Å². The molecule has 0 fully saturated rings. The standard InChI is InChI=1S/C14H15BrN2O3/c1-19-11-3-2-4-12(8-11)20-6-5-16-14(18)13-7-10(15)9-17-13/h2-4,7-9,17H,5-6H2,1H3,(H,16,18). The molecule has 2 aromatic rings. The van der Waals surface area contributed by atoms with E-state index < -0.39 is 0 Å². The minimum atomic E-state index is -0.162. The van der Waals surface area contributed by atoms with Crippen LogP contribution in [0.4, 0.5) is 0 Å². The Labute approximate surface area is 125 Å². The Bertz CT molecular complexity index is 583. The first kappa shape index (κ1) is 14.5. The van der Waals surface area contributed by atoms with E-state index in [2.05, 4.69) is 26.2 Å². The van der Waals surface area contributed by atoms with Crippen molar-refractivity contribution in [2.45, 2.75) is 0 Å². The van der Waals surface area contributed by atoms with E-state index in [0.717, 1.165) is 10.2 Å². The van der Waals surface area contributed by atoms with Crippen molar-refractivity contribution in [1.29, 1.82) is 0 Å². The summed E-state index contributed by atoms with van der Waals surface area (Å²) < 4.78 is 11.5. The number of hydrogen-bond acceptors (Lipinski definition) is 3. The smallest absolute Gasteiger partial charge is 0.267 e. The molecule has 1 aromatic heterocycles. The fourth-order valence-corrected chi connectivity index (χ4v) is 1.96. The summed E-state index contributed by atoms with van der Waals surface area (Å²) in [6.45, 7) is 0.813. The van der Waals surface area contributed by atoms with Crippen LogP contribution in [0.1, 0.15) is 10.5 Å². The number of carbonyl (C=O) groups is 1. The molecule has 0 saturated carbocycles. The van der Waals surface area contributed by atoms with Gasteiger partial charge in [0.05, 0.1) is 13.7 Å². The Balaban J connectivity index is 1.74. The maximum Gasteiger partial charge on any atom is 0.267 e. The predicted molar refractivity (Wildman–Crippen MR) is 79.3 cm³/mol. The molecule has 2 N–H and O–H groups in total. The number of benzene rings is 1. The van der Waals surface area contributed by atoms with E-state index in [1.807, 2.05) is 18.2 Å². The predicted octanol–water partition coefficient (Wildman–Crippen LogP) is 2.59. The lowest BCUT2D eigenvalue weighted by Crippen LogP contribution is -2.28. The monoisotopic (exact) mass is 338 g/mol. The second kappa shape index (κ2) is 7.00. The average Bonchev–Trinajstić information content (AvgIpc) is 2.90. The Morgan fingerprint density at radius 3 is 2.85 bits per heavy atom. The molecule has 0 spiro atoms. The molecular weight excluding hydrogens is 324 g/mol. The SMILES string of the molecule is COc1cccc(OCCNC(=O)c2cc(Br)c[nH]2)c1. The lowest BCUT2D eigenvalue weighted by Gasteiger charge is -2.08.